The lowest BCUT2D eigenvalue weighted by atomic mass is 9.54. The predicted octanol–water partition coefficient (Wildman–Crippen LogP) is 9.52. The fraction of sp³-hybridized carbons (Fsp3) is 0.712. The second-order valence-corrected chi connectivity index (χ2v) is 22.0. The third-order valence-corrected chi connectivity index (χ3v) is 17.0. The van der Waals surface area contributed by atoms with Gasteiger partial charge in [-0.25, -0.2) is 0 Å². The molecule has 6 aliphatic carbocycles. The molecule has 1 unspecified atom stereocenters. The minimum atomic E-state index is -0.810. The standard InChI is InChI=1S/2C20H28BNO5.C12H22BNO3/c2*1-21(24)12-18(19(15-6-3-7-15)16-8-4-9-16)20(23)27-13-14-5-2-10-17(11-14)22(25)26;1-13(17)14-11(12(15)16)10(8-4-2-5-8)9-6-3-7-9/h2*2,5,10-11,15-16,18-19,24H,3-4,6-9,12-13H2,1H3;8-11,14,17H,2-7H2,1H3,(H,15,16)/t2*18-;/m10./s1. The molecule has 6 fully saturated rings. The summed E-state index contributed by atoms with van der Waals surface area (Å²) in [7, 11) is -0.751. The molecule has 0 spiro atoms. The molecule has 0 aliphatic heterocycles. The van der Waals surface area contributed by atoms with Crippen LogP contribution < -0.4 is 5.23 Å². The molecule has 5 N–H and O–H groups in total. The first-order valence-corrected chi connectivity index (χ1v) is 26.8. The minimum Gasteiger partial charge on any atom is -0.480 e. The zero-order valence-corrected chi connectivity index (χ0v) is 42.2. The summed E-state index contributed by atoms with van der Waals surface area (Å²) in [5.41, 5.74) is 1.20. The maximum atomic E-state index is 12.9. The van der Waals surface area contributed by atoms with Crippen molar-refractivity contribution in [3.05, 3.63) is 79.9 Å². The molecule has 8 rings (SSSR count). The van der Waals surface area contributed by atoms with E-state index in [1.165, 1.54) is 62.8 Å². The summed E-state index contributed by atoms with van der Waals surface area (Å²) in [6, 6.07) is 11.8. The van der Waals surface area contributed by atoms with E-state index in [2.05, 4.69) is 5.23 Å². The summed E-state index contributed by atoms with van der Waals surface area (Å²) >= 11 is 0. The smallest absolute Gasteiger partial charge is 0.374 e. The number of carbonyl (C=O) groups excluding carboxylic acids is 2. The Hall–Kier alpha value is -4.32. The van der Waals surface area contributed by atoms with Gasteiger partial charge in [-0.1, -0.05) is 153 Å². The van der Waals surface area contributed by atoms with Crippen LogP contribution in [0.2, 0.25) is 33.1 Å². The van der Waals surface area contributed by atoms with Crippen molar-refractivity contribution in [2.45, 2.75) is 168 Å². The number of benzene rings is 2. The summed E-state index contributed by atoms with van der Waals surface area (Å²) < 4.78 is 11.1. The van der Waals surface area contributed by atoms with E-state index in [0.717, 1.165) is 77.0 Å². The molecule has 19 heteroatoms. The number of aliphatic carboxylic acids is 1. The Morgan fingerprint density at radius 1 is 0.577 bits per heavy atom. The first kappa shape index (κ1) is 56.0. The molecule has 71 heavy (non-hydrogen) atoms. The topological polar surface area (TPSA) is 249 Å². The highest BCUT2D eigenvalue weighted by molar-refractivity contribution is 6.49. The second-order valence-electron chi connectivity index (χ2n) is 22.0. The van der Waals surface area contributed by atoms with E-state index in [1.807, 2.05) is 0 Å². The van der Waals surface area contributed by atoms with Gasteiger partial charge in [-0.15, -0.1) is 0 Å². The lowest BCUT2D eigenvalue weighted by Crippen LogP contribution is -2.54. The lowest BCUT2D eigenvalue weighted by Gasteiger charge is -2.46. The molecular formula is C52H78B3N3O13. The second kappa shape index (κ2) is 27.1. The molecule has 6 saturated carbocycles. The Kier molecular flexibility index (Phi) is 21.4. The number of non-ortho nitro benzene ring substituents is 2. The minimum absolute atomic E-state index is 0.00843. The van der Waals surface area contributed by atoms with Gasteiger partial charge in [0.25, 0.3) is 25.2 Å². The van der Waals surface area contributed by atoms with Crippen molar-refractivity contribution in [3.63, 3.8) is 0 Å². The van der Waals surface area contributed by atoms with Gasteiger partial charge in [0.15, 0.2) is 0 Å². The summed E-state index contributed by atoms with van der Waals surface area (Å²) in [6.07, 6.45) is 22.1. The Labute approximate surface area is 420 Å². The van der Waals surface area contributed by atoms with E-state index in [4.69, 9.17) is 9.47 Å². The normalized spacial score (nSPS) is 19.6. The average Bonchev–Trinajstić information content (AvgIpc) is 3.21. The van der Waals surface area contributed by atoms with Gasteiger partial charge in [0.2, 0.25) is 0 Å². The molecule has 3 atom stereocenters. The number of esters is 2. The van der Waals surface area contributed by atoms with Gasteiger partial charge in [-0.2, -0.15) is 0 Å². The highest BCUT2D eigenvalue weighted by Crippen LogP contribution is 2.51. The first-order chi connectivity index (χ1) is 34.0. The quantitative estimate of drug-likeness (QED) is 0.0284. The van der Waals surface area contributed by atoms with Crippen LogP contribution in [0.4, 0.5) is 11.4 Å². The lowest BCUT2D eigenvalue weighted by molar-refractivity contribution is -0.385. The van der Waals surface area contributed by atoms with Crippen molar-refractivity contribution < 1.29 is 53.9 Å². The van der Waals surface area contributed by atoms with E-state index in [-0.39, 0.29) is 54.3 Å². The van der Waals surface area contributed by atoms with Crippen LogP contribution in [0, 0.1) is 85.3 Å². The van der Waals surface area contributed by atoms with Crippen molar-refractivity contribution in [1.82, 2.24) is 5.23 Å². The van der Waals surface area contributed by atoms with E-state index < -0.39 is 42.7 Å². The number of ether oxygens (including phenoxy) is 2. The van der Waals surface area contributed by atoms with Crippen molar-refractivity contribution in [3.8, 4) is 0 Å². The van der Waals surface area contributed by atoms with Crippen molar-refractivity contribution in [2.24, 2.45) is 65.1 Å². The molecule has 0 heterocycles. The number of rotatable bonds is 24. The van der Waals surface area contributed by atoms with Crippen LogP contribution in [0.15, 0.2) is 48.5 Å². The number of hydrogen-bond acceptors (Lipinski definition) is 13. The van der Waals surface area contributed by atoms with Crippen molar-refractivity contribution in [2.75, 3.05) is 0 Å². The number of nitrogens with zero attached hydrogens (tertiary/aromatic N) is 2. The van der Waals surface area contributed by atoms with E-state index >= 15 is 0 Å². The fourth-order valence-corrected chi connectivity index (χ4v) is 12.2. The van der Waals surface area contributed by atoms with Crippen molar-refractivity contribution in [1.29, 1.82) is 0 Å². The number of carboxylic acid groups (broad SMARTS) is 1. The third kappa shape index (κ3) is 15.8. The fourth-order valence-electron chi connectivity index (χ4n) is 12.2. The molecule has 2 aromatic rings. The van der Waals surface area contributed by atoms with Gasteiger partial charge in [0.05, 0.1) is 21.7 Å². The van der Waals surface area contributed by atoms with Crippen LogP contribution in [0.1, 0.15) is 127 Å². The van der Waals surface area contributed by atoms with E-state index in [1.54, 1.807) is 44.7 Å². The Morgan fingerprint density at radius 2 is 0.887 bits per heavy atom. The number of carboxylic acids is 1. The van der Waals surface area contributed by atoms with Crippen LogP contribution >= 0.6 is 0 Å². The zero-order valence-electron chi connectivity index (χ0n) is 42.2. The highest BCUT2D eigenvalue weighted by atomic mass is 16.6. The molecule has 16 nitrogen and oxygen atoms in total. The average molecular weight is 986 g/mol. The summed E-state index contributed by atoms with van der Waals surface area (Å²) in [5, 5.41) is 63.3. The maximum absolute atomic E-state index is 12.9. The molecule has 0 bridgehead atoms. The number of nitro benzene ring substituents is 2. The van der Waals surface area contributed by atoms with Crippen LogP contribution in [0.25, 0.3) is 0 Å². The van der Waals surface area contributed by atoms with E-state index in [9.17, 15) is 54.8 Å². The van der Waals surface area contributed by atoms with Crippen LogP contribution in [-0.2, 0) is 37.1 Å². The number of carbonyl (C=O) groups is 3. The zero-order chi connectivity index (χ0) is 51.2. The Morgan fingerprint density at radius 3 is 1.13 bits per heavy atom. The Balaban J connectivity index is 0.000000179. The van der Waals surface area contributed by atoms with Gasteiger partial charge in [-0.05, 0) is 83.9 Å². The largest absolute Gasteiger partial charge is 0.480 e. The van der Waals surface area contributed by atoms with Crippen LogP contribution in [-0.4, -0.2) is 74.9 Å². The monoisotopic (exact) mass is 986 g/mol. The summed E-state index contributed by atoms with van der Waals surface area (Å²) in [5.74, 6) is 2.19. The Bertz CT molecular complexity index is 1900. The predicted molar refractivity (Wildman–Crippen MR) is 273 cm³/mol. The molecule has 0 radical (unpaired) electrons. The van der Waals surface area contributed by atoms with Gasteiger partial charge in [-0.3, -0.25) is 34.6 Å². The highest BCUT2D eigenvalue weighted by Gasteiger charge is 2.47. The molecule has 6 aliphatic rings. The van der Waals surface area contributed by atoms with Crippen LogP contribution in [0.3, 0.4) is 0 Å². The maximum Gasteiger partial charge on any atom is 0.374 e. The molecule has 0 amide bonds. The first-order valence-electron chi connectivity index (χ1n) is 26.8. The number of nitro groups is 2. The van der Waals surface area contributed by atoms with Gasteiger partial charge in [0, 0.05) is 24.3 Å². The molecule has 2 aromatic carbocycles. The van der Waals surface area contributed by atoms with Crippen molar-refractivity contribution >= 4 is 50.2 Å². The molecule has 0 saturated heterocycles. The SMILES string of the molecule is CB(O)C[C@@H](C(=O)OCc1cccc([N+](=O)[O-])c1)C(C1CCC1)C1CCC1.CB(O)C[C@H](C(=O)OCc1cccc([N+](=O)[O-])c1)C(C1CCC1)C1CCC1.CB(O)NC(C(=O)O)C(C1CCC1)C1CCC1. The van der Waals surface area contributed by atoms with Gasteiger partial charge >= 0.3 is 25.0 Å². The number of nitrogens with one attached hydrogen (secondary N) is 1. The molecule has 388 valence electrons. The van der Waals surface area contributed by atoms with Gasteiger partial charge in [0.1, 0.15) is 19.3 Å². The van der Waals surface area contributed by atoms with Crippen LogP contribution in [0.5, 0.6) is 0 Å². The summed E-state index contributed by atoms with van der Waals surface area (Å²) in [4.78, 5) is 58.2. The third-order valence-electron chi connectivity index (χ3n) is 17.0. The molecular weight excluding hydrogens is 907 g/mol. The van der Waals surface area contributed by atoms with E-state index in [0.29, 0.717) is 71.1 Å². The van der Waals surface area contributed by atoms with Gasteiger partial charge < -0.3 is 34.9 Å². The molecule has 0 aromatic heterocycles. The number of hydrogen-bond donors (Lipinski definition) is 5. The summed E-state index contributed by atoms with van der Waals surface area (Å²) in [6.45, 7) is 3.98.